The number of amides is 1. The monoisotopic (exact) mass is 238 g/mol. The van der Waals surface area contributed by atoms with E-state index in [1.54, 1.807) is 0 Å². The van der Waals surface area contributed by atoms with Gasteiger partial charge in [0.15, 0.2) is 0 Å². The first-order chi connectivity index (χ1) is 7.56. The minimum Gasteiger partial charge on any atom is -0.349 e. The molecule has 2 atom stereocenters. The summed E-state index contributed by atoms with van der Waals surface area (Å²) in [5.74, 6) is 0.803. The normalized spacial score (nSPS) is 24.7. The zero-order valence-corrected chi connectivity index (χ0v) is 10.9. The molecule has 1 aromatic rings. The fourth-order valence-electron chi connectivity index (χ4n) is 2.33. The molecule has 1 aliphatic carbocycles. The molecule has 3 nitrogen and oxygen atoms in total. The number of nitrogens with one attached hydrogen (secondary N) is 1. The highest BCUT2D eigenvalue weighted by atomic mass is 32.1. The van der Waals surface area contributed by atoms with Gasteiger partial charge < -0.3 is 5.32 Å². The first-order valence-corrected chi connectivity index (χ1v) is 6.63. The Bertz CT molecular complexity index is 400. The molecule has 4 heteroatoms. The van der Waals surface area contributed by atoms with Crippen LogP contribution in [0, 0.1) is 19.8 Å². The Morgan fingerprint density at radius 2 is 2.19 bits per heavy atom. The van der Waals surface area contributed by atoms with E-state index in [-0.39, 0.29) is 5.91 Å². The van der Waals surface area contributed by atoms with E-state index >= 15 is 0 Å². The van der Waals surface area contributed by atoms with Gasteiger partial charge in [-0.3, -0.25) is 4.79 Å². The smallest absolute Gasteiger partial charge is 0.263 e. The maximum Gasteiger partial charge on any atom is 0.263 e. The molecule has 1 fully saturated rings. The van der Waals surface area contributed by atoms with Gasteiger partial charge >= 0.3 is 0 Å². The number of hydrogen-bond donors (Lipinski definition) is 1. The molecule has 0 bridgehead atoms. The van der Waals surface area contributed by atoms with Crippen molar-refractivity contribution in [3.63, 3.8) is 0 Å². The third-order valence-corrected chi connectivity index (χ3v) is 4.21. The van der Waals surface area contributed by atoms with Gasteiger partial charge in [-0.05, 0) is 39.0 Å². The van der Waals surface area contributed by atoms with E-state index in [0.29, 0.717) is 6.04 Å². The Morgan fingerprint density at radius 3 is 2.69 bits per heavy atom. The second kappa shape index (κ2) is 4.53. The molecule has 2 unspecified atom stereocenters. The van der Waals surface area contributed by atoms with Crippen molar-refractivity contribution in [2.24, 2.45) is 5.92 Å². The van der Waals surface area contributed by atoms with E-state index in [4.69, 9.17) is 0 Å². The number of carbonyl (C=O) groups excluding carboxylic acids is 1. The van der Waals surface area contributed by atoms with Crippen LogP contribution in [0.5, 0.6) is 0 Å². The van der Waals surface area contributed by atoms with Crippen LogP contribution in [-0.4, -0.2) is 16.9 Å². The third kappa shape index (κ3) is 2.43. The minimum atomic E-state index is 0.0576. The Labute approximate surface area is 100 Å². The Kier molecular flexibility index (Phi) is 3.28. The molecule has 0 radical (unpaired) electrons. The zero-order chi connectivity index (χ0) is 11.7. The van der Waals surface area contributed by atoms with Gasteiger partial charge in [-0.15, -0.1) is 11.3 Å². The fourth-order valence-corrected chi connectivity index (χ4v) is 3.15. The Morgan fingerprint density at radius 1 is 1.44 bits per heavy atom. The molecule has 0 saturated heterocycles. The summed E-state index contributed by atoms with van der Waals surface area (Å²) in [5.41, 5.74) is 0.853. The number of aromatic nitrogens is 1. The predicted molar refractivity (Wildman–Crippen MR) is 65.9 cm³/mol. The standard InChI is InChI=1S/C12H18N2OS/c1-7-4-5-10(6-7)14-12(15)11-8(2)13-9(3)16-11/h7,10H,4-6H2,1-3H3,(H,14,15). The van der Waals surface area contributed by atoms with Crippen LogP contribution < -0.4 is 5.32 Å². The maximum atomic E-state index is 12.0. The van der Waals surface area contributed by atoms with Crippen molar-refractivity contribution in [3.8, 4) is 0 Å². The van der Waals surface area contributed by atoms with Crippen LogP contribution in [-0.2, 0) is 0 Å². The summed E-state index contributed by atoms with van der Waals surface area (Å²) >= 11 is 1.48. The predicted octanol–water partition coefficient (Wildman–Crippen LogP) is 2.68. The van der Waals surface area contributed by atoms with E-state index in [9.17, 15) is 4.79 Å². The molecule has 1 heterocycles. The molecular weight excluding hydrogens is 220 g/mol. The average molecular weight is 238 g/mol. The Balaban J connectivity index is 2.00. The summed E-state index contributed by atoms with van der Waals surface area (Å²) < 4.78 is 0. The van der Waals surface area contributed by atoms with Crippen LogP contribution in [0.15, 0.2) is 0 Å². The molecule has 1 saturated carbocycles. The van der Waals surface area contributed by atoms with Crippen molar-refractivity contribution in [1.82, 2.24) is 10.3 Å². The second-order valence-corrected chi connectivity index (χ2v) is 5.94. The molecule has 0 aliphatic heterocycles. The molecule has 1 N–H and O–H groups in total. The van der Waals surface area contributed by atoms with Crippen molar-refractivity contribution < 1.29 is 4.79 Å². The van der Waals surface area contributed by atoms with Crippen molar-refractivity contribution in [1.29, 1.82) is 0 Å². The quantitative estimate of drug-likeness (QED) is 0.860. The van der Waals surface area contributed by atoms with Crippen LogP contribution in [0.4, 0.5) is 0 Å². The topological polar surface area (TPSA) is 42.0 Å². The summed E-state index contributed by atoms with van der Waals surface area (Å²) in [4.78, 5) is 17.1. The molecule has 88 valence electrons. The average Bonchev–Trinajstić information content (AvgIpc) is 2.73. The molecule has 0 aromatic carbocycles. The van der Waals surface area contributed by atoms with E-state index < -0.39 is 0 Å². The van der Waals surface area contributed by atoms with Crippen molar-refractivity contribution in [2.75, 3.05) is 0 Å². The van der Waals surface area contributed by atoms with Crippen LogP contribution in [0.2, 0.25) is 0 Å². The maximum absolute atomic E-state index is 12.0. The molecule has 16 heavy (non-hydrogen) atoms. The van der Waals surface area contributed by atoms with Crippen molar-refractivity contribution in [3.05, 3.63) is 15.6 Å². The first-order valence-electron chi connectivity index (χ1n) is 5.81. The highest BCUT2D eigenvalue weighted by Gasteiger charge is 2.24. The second-order valence-electron chi connectivity index (χ2n) is 4.74. The highest BCUT2D eigenvalue weighted by Crippen LogP contribution is 2.25. The van der Waals surface area contributed by atoms with Gasteiger partial charge in [0, 0.05) is 6.04 Å². The molecule has 1 aliphatic rings. The van der Waals surface area contributed by atoms with Gasteiger partial charge in [0.1, 0.15) is 4.88 Å². The van der Waals surface area contributed by atoms with Gasteiger partial charge in [-0.2, -0.15) is 0 Å². The van der Waals surface area contributed by atoms with Gasteiger partial charge in [0.2, 0.25) is 0 Å². The van der Waals surface area contributed by atoms with E-state index in [1.165, 1.54) is 17.8 Å². The Hall–Kier alpha value is -0.900. The van der Waals surface area contributed by atoms with Crippen molar-refractivity contribution in [2.45, 2.75) is 46.1 Å². The van der Waals surface area contributed by atoms with Crippen LogP contribution in [0.3, 0.4) is 0 Å². The number of nitrogens with zero attached hydrogens (tertiary/aromatic N) is 1. The molecule has 0 spiro atoms. The molecule has 1 aromatic heterocycles. The number of aryl methyl sites for hydroxylation is 2. The van der Waals surface area contributed by atoms with Gasteiger partial charge in [-0.25, -0.2) is 4.98 Å². The van der Waals surface area contributed by atoms with Crippen LogP contribution >= 0.6 is 11.3 Å². The highest BCUT2D eigenvalue weighted by molar-refractivity contribution is 7.13. The van der Waals surface area contributed by atoms with Gasteiger partial charge in [0.25, 0.3) is 5.91 Å². The number of carbonyl (C=O) groups is 1. The van der Waals surface area contributed by atoms with Gasteiger partial charge in [0.05, 0.1) is 10.7 Å². The summed E-state index contributed by atoms with van der Waals surface area (Å²) in [6.07, 6.45) is 3.46. The lowest BCUT2D eigenvalue weighted by Gasteiger charge is -2.11. The summed E-state index contributed by atoms with van der Waals surface area (Å²) in [6.45, 7) is 6.08. The summed E-state index contributed by atoms with van der Waals surface area (Å²) in [6, 6.07) is 0.365. The lowest BCUT2D eigenvalue weighted by Crippen LogP contribution is -2.32. The largest absolute Gasteiger partial charge is 0.349 e. The summed E-state index contributed by atoms with van der Waals surface area (Å²) in [5, 5.41) is 4.07. The first kappa shape index (κ1) is 11.6. The number of hydrogen-bond acceptors (Lipinski definition) is 3. The van der Waals surface area contributed by atoms with E-state index in [1.807, 2.05) is 13.8 Å². The van der Waals surface area contributed by atoms with E-state index in [2.05, 4.69) is 17.2 Å². The van der Waals surface area contributed by atoms with Crippen LogP contribution in [0.25, 0.3) is 0 Å². The lowest BCUT2D eigenvalue weighted by molar-refractivity contribution is 0.0940. The molecular formula is C12H18N2OS. The molecule has 2 rings (SSSR count). The zero-order valence-electron chi connectivity index (χ0n) is 10.0. The van der Waals surface area contributed by atoms with Crippen molar-refractivity contribution >= 4 is 17.2 Å². The third-order valence-electron chi connectivity index (χ3n) is 3.14. The minimum absolute atomic E-state index is 0.0576. The lowest BCUT2D eigenvalue weighted by atomic mass is 10.1. The van der Waals surface area contributed by atoms with E-state index in [0.717, 1.165) is 34.3 Å². The summed E-state index contributed by atoms with van der Waals surface area (Å²) in [7, 11) is 0. The molecule has 1 amide bonds. The number of thiazole rings is 1. The fraction of sp³-hybridized carbons (Fsp3) is 0.667. The van der Waals surface area contributed by atoms with Gasteiger partial charge in [-0.1, -0.05) is 6.92 Å². The SMILES string of the molecule is Cc1nc(C)c(C(=O)NC2CCC(C)C2)s1. The van der Waals surface area contributed by atoms with Crippen LogP contribution in [0.1, 0.15) is 46.6 Å². The number of rotatable bonds is 2.